The molecule has 1 aromatic rings. The number of nitrogens with one attached hydrogen (secondary N) is 1. The van der Waals surface area contributed by atoms with Crippen LogP contribution in [-0.2, 0) is 7.05 Å². The van der Waals surface area contributed by atoms with Crippen LogP contribution in [0.1, 0.15) is 35.9 Å². The standard InChI is InChI=1S/C12H20N2O2/c1-9-6-7-11(14(9)3)12(16)13-8-4-5-10(2)15/h6-7,10,15H,4-5,8H2,1-3H3,(H,13,16). The first-order valence-corrected chi connectivity index (χ1v) is 5.61. The molecular weight excluding hydrogens is 204 g/mol. The van der Waals surface area contributed by atoms with Gasteiger partial charge in [0.05, 0.1) is 6.10 Å². The van der Waals surface area contributed by atoms with Gasteiger partial charge in [-0.1, -0.05) is 0 Å². The van der Waals surface area contributed by atoms with Crippen molar-refractivity contribution in [3.05, 3.63) is 23.5 Å². The van der Waals surface area contributed by atoms with Gasteiger partial charge in [0.25, 0.3) is 5.91 Å². The van der Waals surface area contributed by atoms with Gasteiger partial charge in [-0.15, -0.1) is 0 Å². The van der Waals surface area contributed by atoms with Crippen LogP contribution in [0.5, 0.6) is 0 Å². The molecule has 0 radical (unpaired) electrons. The second-order valence-electron chi connectivity index (χ2n) is 4.17. The van der Waals surface area contributed by atoms with Crippen molar-refractivity contribution in [2.75, 3.05) is 6.54 Å². The lowest BCUT2D eigenvalue weighted by atomic mass is 10.2. The lowest BCUT2D eigenvalue weighted by Gasteiger charge is -2.07. The Kier molecular flexibility index (Phi) is 4.55. The van der Waals surface area contributed by atoms with Crippen molar-refractivity contribution in [3.63, 3.8) is 0 Å². The molecule has 1 aromatic heterocycles. The second kappa shape index (κ2) is 5.70. The number of hydrogen-bond donors (Lipinski definition) is 2. The van der Waals surface area contributed by atoms with Gasteiger partial charge in [-0.25, -0.2) is 0 Å². The quantitative estimate of drug-likeness (QED) is 0.739. The van der Waals surface area contributed by atoms with Crippen molar-refractivity contribution in [3.8, 4) is 0 Å². The Morgan fingerprint density at radius 3 is 2.75 bits per heavy atom. The fraction of sp³-hybridized carbons (Fsp3) is 0.583. The van der Waals surface area contributed by atoms with E-state index in [9.17, 15) is 4.79 Å². The SMILES string of the molecule is Cc1ccc(C(=O)NCCCC(C)O)n1C. The predicted molar refractivity (Wildman–Crippen MR) is 63.4 cm³/mol. The zero-order chi connectivity index (χ0) is 12.1. The molecular formula is C12H20N2O2. The molecule has 0 bridgehead atoms. The summed E-state index contributed by atoms with van der Waals surface area (Å²) in [4.78, 5) is 11.7. The normalized spacial score (nSPS) is 12.5. The third kappa shape index (κ3) is 3.38. The molecule has 0 saturated carbocycles. The summed E-state index contributed by atoms with van der Waals surface area (Å²) in [5.41, 5.74) is 1.74. The van der Waals surface area contributed by atoms with Gasteiger partial charge in [0, 0.05) is 19.3 Å². The average molecular weight is 224 g/mol. The summed E-state index contributed by atoms with van der Waals surface area (Å²) >= 11 is 0. The molecule has 0 fully saturated rings. The van der Waals surface area contributed by atoms with Gasteiger partial charge in [-0.3, -0.25) is 4.79 Å². The smallest absolute Gasteiger partial charge is 0.267 e. The minimum absolute atomic E-state index is 0.0545. The summed E-state index contributed by atoms with van der Waals surface area (Å²) in [7, 11) is 1.88. The molecule has 1 amide bonds. The van der Waals surface area contributed by atoms with Gasteiger partial charge in [0.2, 0.25) is 0 Å². The van der Waals surface area contributed by atoms with Crippen molar-refractivity contribution in [2.45, 2.75) is 32.8 Å². The minimum Gasteiger partial charge on any atom is -0.393 e. The van der Waals surface area contributed by atoms with Crippen LogP contribution in [0.4, 0.5) is 0 Å². The van der Waals surface area contributed by atoms with Crippen molar-refractivity contribution >= 4 is 5.91 Å². The Morgan fingerprint density at radius 2 is 2.25 bits per heavy atom. The maximum absolute atomic E-state index is 11.7. The summed E-state index contributed by atoms with van der Waals surface area (Å²) in [6.07, 6.45) is 1.22. The molecule has 90 valence electrons. The summed E-state index contributed by atoms with van der Waals surface area (Å²) in [6.45, 7) is 4.32. The Bertz CT molecular complexity index is 356. The highest BCUT2D eigenvalue weighted by Crippen LogP contribution is 2.05. The van der Waals surface area contributed by atoms with E-state index in [0.717, 1.165) is 12.1 Å². The summed E-state index contributed by atoms with van der Waals surface area (Å²) in [5, 5.41) is 11.9. The first-order valence-electron chi connectivity index (χ1n) is 5.61. The van der Waals surface area contributed by atoms with E-state index in [4.69, 9.17) is 5.11 Å². The summed E-state index contributed by atoms with van der Waals surface area (Å²) in [6, 6.07) is 3.74. The highest BCUT2D eigenvalue weighted by Gasteiger charge is 2.09. The number of aliphatic hydroxyl groups is 1. The Balaban J connectivity index is 2.39. The second-order valence-corrected chi connectivity index (χ2v) is 4.17. The minimum atomic E-state index is -0.297. The maximum atomic E-state index is 11.7. The van der Waals surface area contributed by atoms with Gasteiger partial charge in [-0.05, 0) is 38.8 Å². The Hall–Kier alpha value is -1.29. The van der Waals surface area contributed by atoms with Crippen molar-refractivity contribution in [1.29, 1.82) is 0 Å². The van der Waals surface area contributed by atoms with Crippen LogP contribution in [0.25, 0.3) is 0 Å². The highest BCUT2D eigenvalue weighted by molar-refractivity contribution is 5.92. The molecule has 0 aliphatic heterocycles. The van der Waals surface area contributed by atoms with E-state index in [2.05, 4.69) is 5.32 Å². The molecule has 0 aliphatic rings. The molecule has 1 atom stereocenters. The van der Waals surface area contributed by atoms with E-state index < -0.39 is 0 Å². The molecule has 0 aliphatic carbocycles. The van der Waals surface area contributed by atoms with Gasteiger partial charge < -0.3 is 15.0 Å². The number of aryl methyl sites for hydroxylation is 1. The van der Waals surface area contributed by atoms with Crippen LogP contribution in [0.3, 0.4) is 0 Å². The molecule has 16 heavy (non-hydrogen) atoms. The molecule has 4 nitrogen and oxygen atoms in total. The zero-order valence-corrected chi connectivity index (χ0v) is 10.2. The predicted octanol–water partition coefficient (Wildman–Crippen LogP) is 1.22. The van der Waals surface area contributed by atoms with Gasteiger partial charge in [0.15, 0.2) is 0 Å². The number of amides is 1. The fourth-order valence-electron chi connectivity index (χ4n) is 1.53. The summed E-state index contributed by atoms with van der Waals surface area (Å²) < 4.78 is 1.87. The van der Waals surface area contributed by atoms with Crippen molar-refractivity contribution in [2.24, 2.45) is 7.05 Å². The molecule has 0 aromatic carbocycles. The van der Waals surface area contributed by atoms with Crippen LogP contribution < -0.4 is 5.32 Å². The number of aliphatic hydroxyl groups excluding tert-OH is 1. The average Bonchev–Trinajstić information content (AvgIpc) is 2.54. The van der Waals surface area contributed by atoms with E-state index in [1.807, 2.05) is 30.7 Å². The van der Waals surface area contributed by atoms with Gasteiger partial charge in [-0.2, -0.15) is 0 Å². The lowest BCUT2D eigenvalue weighted by Crippen LogP contribution is -2.26. The molecule has 4 heteroatoms. The number of rotatable bonds is 5. The Morgan fingerprint density at radius 1 is 1.56 bits per heavy atom. The number of carbonyl (C=O) groups excluding carboxylic acids is 1. The van der Waals surface area contributed by atoms with E-state index in [0.29, 0.717) is 18.7 Å². The molecule has 1 rings (SSSR count). The third-order valence-electron chi connectivity index (χ3n) is 2.69. The van der Waals surface area contributed by atoms with Crippen molar-refractivity contribution in [1.82, 2.24) is 9.88 Å². The Labute approximate surface area is 96.3 Å². The van der Waals surface area contributed by atoms with E-state index >= 15 is 0 Å². The van der Waals surface area contributed by atoms with Crippen LogP contribution >= 0.6 is 0 Å². The van der Waals surface area contributed by atoms with Crippen LogP contribution in [0, 0.1) is 6.92 Å². The molecule has 0 spiro atoms. The van der Waals surface area contributed by atoms with E-state index in [-0.39, 0.29) is 12.0 Å². The van der Waals surface area contributed by atoms with Crippen LogP contribution in [0.2, 0.25) is 0 Å². The number of nitrogens with zero attached hydrogens (tertiary/aromatic N) is 1. The van der Waals surface area contributed by atoms with Gasteiger partial charge in [0.1, 0.15) is 5.69 Å². The molecule has 2 N–H and O–H groups in total. The first-order chi connectivity index (χ1) is 7.52. The lowest BCUT2D eigenvalue weighted by molar-refractivity contribution is 0.0941. The number of aromatic nitrogens is 1. The summed E-state index contributed by atoms with van der Waals surface area (Å²) in [5.74, 6) is -0.0545. The van der Waals surface area contributed by atoms with Crippen LogP contribution in [-0.4, -0.2) is 28.2 Å². The van der Waals surface area contributed by atoms with Crippen LogP contribution in [0.15, 0.2) is 12.1 Å². The third-order valence-corrected chi connectivity index (χ3v) is 2.69. The number of carbonyl (C=O) groups is 1. The largest absolute Gasteiger partial charge is 0.393 e. The monoisotopic (exact) mass is 224 g/mol. The topological polar surface area (TPSA) is 54.3 Å². The molecule has 1 unspecified atom stereocenters. The van der Waals surface area contributed by atoms with Crippen molar-refractivity contribution < 1.29 is 9.90 Å². The molecule has 1 heterocycles. The molecule has 0 saturated heterocycles. The number of hydrogen-bond acceptors (Lipinski definition) is 2. The van der Waals surface area contributed by atoms with Gasteiger partial charge >= 0.3 is 0 Å². The first kappa shape index (κ1) is 12.8. The van der Waals surface area contributed by atoms with E-state index in [1.54, 1.807) is 6.92 Å². The highest BCUT2D eigenvalue weighted by atomic mass is 16.3. The zero-order valence-electron chi connectivity index (χ0n) is 10.2. The van der Waals surface area contributed by atoms with E-state index in [1.165, 1.54) is 0 Å². The maximum Gasteiger partial charge on any atom is 0.267 e. The fourth-order valence-corrected chi connectivity index (χ4v) is 1.53.